The maximum absolute atomic E-state index is 12.5. The van der Waals surface area contributed by atoms with Gasteiger partial charge in [0, 0.05) is 19.6 Å². The summed E-state index contributed by atoms with van der Waals surface area (Å²) in [7, 11) is -1.97. The zero-order valence-corrected chi connectivity index (χ0v) is 13.1. The third-order valence-electron chi connectivity index (χ3n) is 3.22. The molecule has 0 aliphatic carbocycles. The molecule has 0 saturated heterocycles. The van der Waals surface area contributed by atoms with Crippen molar-refractivity contribution >= 4 is 21.6 Å². The van der Waals surface area contributed by atoms with Crippen LogP contribution in [-0.2, 0) is 16.6 Å². The Bertz CT molecular complexity index is 531. The van der Waals surface area contributed by atoms with Gasteiger partial charge in [-0.25, -0.2) is 8.42 Å². The van der Waals surface area contributed by atoms with Crippen LogP contribution < -0.4 is 5.73 Å². The van der Waals surface area contributed by atoms with Gasteiger partial charge in [-0.05, 0) is 31.0 Å². The summed E-state index contributed by atoms with van der Waals surface area (Å²) >= 11 is 6.06. The van der Waals surface area contributed by atoms with E-state index in [1.54, 1.807) is 19.2 Å². The van der Waals surface area contributed by atoms with Gasteiger partial charge in [-0.1, -0.05) is 31.0 Å². The van der Waals surface area contributed by atoms with Gasteiger partial charge in [-0.2, -0.15) is 4.31 Å². The van der Waals surface area contributed by atoms with Gasteiger partial charge in [0.25, 0.3) is 0 Å². The Morgan fingerprint density at radius 2 is 2.05 bits per heavy atom. The highest BCUT2D eigenvalue weighted by molar-refractivity contribution is 7.89. The molecule has 0 aromatic heterocycles. The van der Waals surface area contributed by atoms with Crippen molar-refractivity contribution in [1.29, 1.82) is 0 Å². The van der Waals surface area contributed by atoms with Crippen molar-refractivity contribution in [2.24, 2.45) is 5.73 Å². The molecule has 0 heterocycles. The lowest BCUT2D eigenvalue weighted by molar-refractivity contribution is 0.369. The molecule has 1 aromatic rings. The van der Waals surface area contributed by atoms with Gasteiger partial charge in [-0.15, -0.1) is 0 Å². The largest absolute Gasteiger partial charge is 0.326 e. The first-order valence-corrected chi connectivity index (χ1v) is 8.12. The van der Waals surface area contributed by atoms with E-state index < -0.39 is 10.0 Å². The predicted octanol–water partition coefficient (Wildman–Crippen LogP) is 2.61. The van der Waals surface area contributed by atoms with E-state index >= 15 is 0 Å². The van der Waals surface area contributed by atoms with Gasteiger partial charge in [0.15, 0.2) is 0 Å². The second kappa shape index (κ2) is 6.70. The normalized spacial score (nSPS) is 13.8. The van der Waals surface area contributed by atoms with Crippen LogP contribution >= 0.6 is 11.6 Å². The Kier molecular flexibility index (Phi) is 5.80. The van der Waals surface area contributed by atoms with E-state index in [2.05, 4.69) is 0 Å². The summed E-state index contributed by atoms with van der Waals surface area (Å²) < 4.78 is 26.3. The number of halogens is 1. The highest BCUT2D eigenvalue weighted by atomic mass is 35.5. The fourth-order valence-corrected chi connectivity index (χ4v) is 3.80. The summed E-state index contributed by atoms with van der Waals surface area (Å²) in [5.74, 6) is 0. The Morgan fingerprint density at radius 3 is 2.53 bits per heavy atom. The Balaban J connectivity index is 3.13. The molecule has 4 nitrogen and oxygen atoms in total. The zero-order chi connectivity index (χ0) is 14.6. The quantitative estimate of drug-likeness (QED) is 0.878. The summed E-state index contributed by atoms with van der Waals surface area (Å²) in [5.41, 5.74) is 6.32. The van der Waals surface area contributed by atoms with Crippen molar-refractivity contribution in [3.63, 3.8) is 0 Å². The van der Waals surface area contributed by atoms with Crippen LogP contribution in [0.5, 0.6) is 0 Å². The van der Waals surface area contributed by atoms with Gasteiger partial charge in [0.2, 0.25) is 10.0 Å². The number of rotatable bonds is 6. The van der Waals surface area contributed by atoms with E-state index in [0.717, 1.165) is 18.4 Å². The third-order valence-corrected chi connectivity index (χ3v) is 5.67. The Hall–Kier alpha value is -0.620. The molecule has 6 heteroatoms. The van der Waals surface area contributed by atoms with Gasteiger partial charge in [0.1, 0.15) is 4.90 Å². The molecule has 108 valence electrons. The Morgan fingerprint density at radius 1 is 1.42 bits per heavy atom. The summed E-state index contributed by atoms with van der Waals surface area (Å²) in [5, 5.41) is 0.221. The molecule has 0 saturated carbocycles. The molecule has 1 unspecified atom stereocenters. The summed E-state index contributed by atoms with van der Waals surface area (Å²) in [6.07, 6.45) is 1.75. The minimum absolute atomic E-state index is 0.0553. The number of sulfonamides is 1. The molecule has 1 aromatic carbocycles. The van der Waals surface area contributed by atoms with Crippen LogP contribution in [0.2, 0.25) is 5.02 Å². The highest BCUT2D eigenvalue weighted by Gasteiger charge is 2.26. The van der Waals surface area contributed by atoms with Crippen LogP contribution in [0.3, 0.4) is 0 Å². The first-order chi connectivity index (χ1) is 8.84. The maximum Gasteiger partial charge on any atom is 0.244 e. The zero-order valence-electron chi connectivity index (χ0n) is 11.6. The van der Waals surface area contributed by atoms with Crippen molar-refractivity contribution in [3.8, 4) is 0 Å². The lowest BCUT2D eigenvalue weighted by Crippen LogP contribution is -2.35. The van der Waals surface area contributed by atoms with E-state index in [0.29, 0.717) is 6.54 Å². The molecule has 0 radical (unpaired) electrons. The number of nitrogens with zero attached hydrogens (tertiary/aromatic N) is 1. The Labute approximate surface area is 120 Å². The van der Waals surface area contributed by atoms with Crippen molar-refractivity contribution in [2.45, 2.75) is 44.2 Å². The van der Waals surface area contributed by atoms with Gasteiger partial charge in [-0.3, -0.25) is 0 Å². The second-order valence-corrected chi connectivity index (χ2v) is 7.00. The minimum atomic E-state index is -3.56. The van der Waals surface area contributed by atoms with Crippen molar-refractivity contribution in [2.75, 3.05) is 7.05 Å². The summed E-state index contributed by atoms with van der Waals surface area (Å²) in [6.45, 7) is 4.26. The molecular formula is C13H21ClN2O2S. The molecule has 1 rings (SSSR count). The van der Waals surface area contributed by atoms with E-state index in [1.807, 2.05) is 13.8 Å². The first-order valence-electron chi connectivity index (χ1n) is 6.31. The molecule has 19 heavy (non-hydrogen) atoms. The number of hydrogen-bond donors (Lipinski definition) is 1. The van der Waals surface area contributed by atoms with Crippen LogP contribution in [0.25, 0.3) is 0 Å². The standard InChI is InChI=1S/C13H21ClN2O2S/c1-4-5-10(2)16(3)19(17,18)13-7-6-11(9-15)8-12(13)14/h6-8,10H,4-5,9,15H2,1-3H3. The van der Waals surface area contributed by atoms with Crippen LogP contribution in [0.15, 0.2) is 23.1 Å². The lowest BCUT2D eigenvalue weighted by Gasteiger charge is -2.24. The molecule has 2 N–H and O–H groups in total. The smallest absolute Gasteiger partial charge is 0.244 e. The molecule has 0 bridgehead atoms. The van der Waals surface area contributed by atoms with Crippen LogP contribution in [0.4, 0.5) is 0 Å². The molecule has 1 atom stereocenters. The molecule has 0 aliphatic rings. The van der Waals surface area contributed by atoms with E-state index in [4.69, 9.17) is 17.3 Å². The summed E-state index contributed by atoms with van der Waals surface area (Å²) in [4.78, 5) is 0.136. The van der Waals surface area contributed by atoms with Crippen molar-refractivity contribution in [3.05, 3.63) is 28.8 Å². The third kappa shape index (κ3) is 3.69. The van der Waals surface area contributed by atoms with Gasteiger partial charge < -0.3 is 5.73 Å². The monoisotopic (exact) mass is 304 g/mol. The van der Waals surface area contributed by atoms with E-state index in [9.17, 15) is 8.42 Å². The first kappa shape index (κ1) is 16.4. The topological polar surface area (TPSA) is 63.4 Å². The average molecular weight is 305 g/mol. The second-order valence-electron chi connectivity index (χ2n) is 4.63. The maximum atomic E-state index is 12.5. The highest BCUT2D eigenvalue weighted by Crippen LogP contribution is 2.26. The van der Waals surface area contributed by atoms with Crippen molar-refractivity contribution < 1.29 is 8.42 Å². The van der Waals surface area contributed by atoms with E-state index in [1.165, 1.54) is 10.4 Å². The van der Waals surface area contributed by atoms with Gasteiger partial charge >= 0.3 is 0 Å². The van der Waals surface area contributed by atoms with Gasteiger partial charge in [0.05, 0.1) is 5.02 Å². The predicted molar refractivity (Wildman–Crippen MR) is 78.7 cm³/mol. The SMILES string of the molecule is CCCC(C)N(C)S(=O)(=O)c1ccc(CN)cc1Cl. The number of hydrogen-bond acceptors (Lipinski definition) is 3. The van der Waals surface area contributed by atoms with Crippen molar-refractivity contribution in [1.82, 2.24) is 4.31 Å². The summed E-state index contributed by atoms with van der Waals surface area (Å²) in [6, 6.07) is 4.76. The lowest BCUT2D eigenvalue weighted by atomic mass is 10.2. The number of nitrogens with two attached hydrogens (primary N) is 1. The van der Waals surface area contributed by atoms with E-state index in [-0.39, 0.29) is 16.0 Å². The van der Waals surface area contributed by atoms with Crippen LogP contribution in [0.1, 0.15) is 32.3 Å². The fourth-order valence-electron chi connectivity index (χ4n) is 1.87. The van der Waals surface area contributed by atoms with Crippen LogP contribution in [0, 0.1) is 0 Å². The minimum Gasteiger partial charge on any atom is -0.326 e. The molecule has 0 amide bonds. The molecule has 0 aliphatic heterocycles. The van der Waals surface area contributed by atoms with Crippen LogP contribution in [-0.4, -0.2) is 25.8 Å². The number of benzene rings is 1. The average Bonchev–Trinajstić information content (AvgIpc) is 2.37. The molecule has 0 fully saturated rings. The fraction of sp³-hybridized carbons (Fsp3) is 0.538. The molecular weight excluding hydrogens is 284 g/mol. The molecule has 0 spiro atoms.